The Balaban J connectivity index is 1.97. The van der Waals surface area contributed by atoms with Gasteiger partial charge in [0.2, 0.25) is 0 Å². The van der Waals surface area contributed by atoms with E-state index in [4.69, 9.17) is 5.26 Å². The zero-order valence-electron chi connectivity index (χ0n) is 11.6. The summed E-state index contributed by atoms with van der Waals surface area (Å²) >= 11 is 1.64. The summed E-state index contributed by atoms with van der Waals surface area (Å²) in [5.74, 6) is 0.0115. The van der Waals surface area contributed by atoms with Crippen molar-refractivity contribution in [2.24, 2.45) is 0 Å². The maximum Gasteiger partial charge on any atom is 0.179 e. The fourth-order valence-corrected chi connectivity index (χ4v) is 3.90. The lowest BCUT2D eigenvalue weighted by Gasteiger charge is -2.12. The second kappa shape index (κ2) is 6.85. The topological polar surface area (TPSA) is 70.0 Å². The fraction of sp³-hybridized carbons (Fsp3) is 0.267. The van der Waals surface area contributed by atoms with E-state index >= 15 is 0 Å². The molecule has 2 aromatic rings. The maximum atomic E-state index is 12.2. The Kier molecular flexibility index (Phi) is 5.12. The van der Waals surface area contributed by atoms with E-state index in [9.17, 15) is 8.42 Å². The van der Waals surface area contributed by atoms with E-state index in [2.05, 4.69) is 5.32 Å². The molecule has 0 saturated carbocycles. The van der Waals surface area contributed by atoms with Crippen molar-refractivity contribution < 1.29 is 8.42 Å². The molecule has 1 aromatic heterocycles. The average Bonchev–Trinajstić information content (AvgIpc) is 3.01. The van der Waals surface area contributed by atoms with Crippen molar-refractivity contribution in [3.8, 4) is 6.07 Å². The maximum absolute atomic E-state index is 12.2. The molecule has 1 N–H and O–H groups in total. The SMILES string of the molecule is CC(NCCS(=O)(=O)c1cccc(C#N)c1)c1cccs1. The minimum absolute atomic E-state index is 0.0115. The molecule has 0 radical (unpaired) electrons. The molecule has 110 valence electrons. The molecule has 0 spiro atoms. The summed E-state index contributed by atoms with van der Waals surface area (Å²) in [7, 11) is -3.37. The minimum Gasteiger partial charge on any atom is -0.308 e. The van der Waals surface area contributed by atoms with Crippen LogP contribution in [0.5, 0.6) is 0 Å². The normalized spacial score (nSPS) is 12.8. The molecular formula is C15H16N2O2S2. The van der Waals surface area contributed by atoms with Crippen LogP contribution in [0.1, 0.15) is 23.4 Å². The minimum atomic E-state index is -3.37. The summed E-state index contributed by atoms with van der Waals surface area (Å²) in [6, 6.07) is 12.2. The lowest BCUT2D eigenvalue weighted by Crippen LogP contribution is -2.25. The molecule has 1 atom stereocenters. The number of nitrogens with one attached hydrogen (secondary N) is 1. The average molecular weight is 320 g/mol. The van der Waals surface area contributed by atoms with E-state index in [0.717, 1.165) is 0 Å². The number of hydrogen-bond donors (Lipinski definition) is 1. The van der Waals surface area contributed by atoms with Crippen LogP contribution in [-0.2, 0) is 9.84 Å². The first-order chi connectivity index (χ1) is 10.0. The molecule has 2 rings (SSSR count). The van der Waals surface area contributed by atoms with Crippen molar-refractivity contribution in [1.82, 2.24) is 5.32 Å². The molecular weight excluding hydrogens is 304 g/mol. The van der Waals surface area contributed by atoms with Gasteiger partial charge in [0.1, 0.15) is 0 Å². The lowest BCUT2D eigenvalue weighted by molar-refractivity contribution is 0.575. The second-order valence-electron chi connectivity index (χ2n) is 4.65. The van der Waals surface area contributed by atoms with Gasteiger partial charge >= 0.3 is 0 Å². The summed E-state index contributed by atoms with van der Waals surface area (Å²) in [4.78, 5) is 1.38. The van der Waals surface area contributed by atoms with E-state index in [1.54, 1.807) is 23.5 Å². The molecule has 1 heterocycles. The van der Waals surface area contributed by atoms with Gasteiger partial charge in [0.05, 0.1) is 22.3 Å². The van der Waals surface area contributed by atoms with Gasteiger partial charge in [0, 0.05) is 17.5 Å². The summed E-state index contributed by atoms with van der Waals surface area (Å²) in [6.07, 6.45) is 0. The number of rotatable bonds is 6. The molecule has 6 heteroatoms. The van der Waals surface area contributed by atoms with Crippen LogP contribution in [0, 0.1) is 11.3 Å². The van der Waals surface area contributed by atoms with Gasteiger partial charge in [-0.15, -0.1) is 11.3 Å². The number of sulfone groups is 1. The van der Waals surface area contributed by atoms with Crippen LogP contribution in [0.4, 0.5) is 0 Å². The van der Waals surface area contributed by atoms with E-state index in [-0.39, 0.29) is 16.7 Å². The van der Waals surface area contributed by atoms with Crippen molar-refractivity contribution in [3.05, 3.63) is 52.2 Å². The zero-order chi connectivity index (χ0) is 15.3. The van der Waals surface area contributed by atoms with Crippen LogP contribution in [0.3, 0.4) is 0 Å². The monoisotopic (exact) mass is 320 g/mol. The van der Waals surface area contributed by atoms with Crippen molar-refractivity contribution in [2.45, 2.75) is 17.9 Å². The number of nitriles is 1. The Morgan fingerprint density at radius 1 is 1.33 bits per heavy atom. The molecule has 0 fully saturated rings. The Hall–Kier alpha value is -1.68. The summed E-state index contributed by atoms with van der Waals surface area (Å²) < 4.78 is 24.4. The number of thiophene rings is 1. The molecule has 4 nitrogen and oxygen atoms in total. The third kappa shape index (κ3) is 4.14. The molecule has 0 aliphatic heterocycles. The zero-order valence-corrected chi connectivity index (χ0v) is 13.2. The third-order valence-electron chi connectivity index (χ3n) is 3.11. The third-order valence-corrected chi connectivity index (χ3v) is 5.88. The van der Waals surface area contributed by atoms with Crippen molar-refractivity contribution >= 4 is 21.2 Å². The van der Waals surface area contributed by atoms with Crippen molar-refractivity contribution in [1.29, 1.82) is 5.26 Å². The van der Waals surface area contributed by atoms with E-state index in [1.165, 1.54) is 17.0 Å². The molecule has 0 aliphatic rings. The van der Waals surface area contributed by atoms with Gasteiger partial charge in [-0.1, -0.05) is 12.1 Å². The number of benzene rings is 1. The molecule has 1 aromatic carbocycles. The molecule has 21 heavy (non-hydrogen) atoms. The van der Waals surface area contributed by atoms with E-state index < -0.39 is 9.84 Å². The summed E-state index contributed by atoms with van der Waals surface area (Å²) in [5, 5.41) is 14.0. The number of hydrogen-bond acceptors (Lipinski definition) is 5. The van der Waals surface area contributed by atoms with Gasteiger partial charge in [-0.05, 0) is 36.6 Å². The molecule has 0 aliphatic carbocycles. The van der Waals surface area contributed by atoms with Gasteiger partial charge in [0.15, 0.2) is 9.84 Å². The van der Waals surface area contributed by atoms with Crippen LogP contribution in [0.15, 0.2) is 46.7 Å². The highest BCUT2D eigenvalue weighted by Crippen LogP contribution is 2.18. The molecule has 0 saturated heterocycles. The second-order valence-corrected chi connectivity index (χ2v) is 7.74. The van der Waals surface area contributed by atoms with Gasteiger partial charge in [-0.25, -0.2) is 8.42 Å². The Bertz CT molecular complexity index is 731. The largest absolute Gasteiger partial charge is 0.308 e. The van der Waals surface area contributed by atoms with Gasteiger partial charge < -0.3 is 5.32 Å². The highest BCUT2D eigenvalue weighted by Gasteiger charge is 2.15. The molecule has 0 amide bonds. The summed E-state index contributed by atoms with van der Waals surface area (Å²) in [5.41, 5.74) is 0.357. The van der Waals surface area contributed by atoms with Gasteiger partial charge in [0.25, 0.3) is 0 Å². The highest BCUT2D eigenvalue weighted by atomic mass is 32.2. The highest BCUT2D eigenvalue weighted by molar-refractivity contribution is 7.91. The molecule has 0 bridgehead atoms. The van der Waals surface area contributed by atoms with Crippen LogP contribution >= 0.6 is 11.3 Å². The smallest absolute Gasteiger partial charge is 0.179 e. The van der Waals surface area contributed by atoms with Crippen LogP contribution < -0.4 is 5.32 Å². The Labute approximate surface area is 129 Å². The predicted octanol–water partition coefficient (Wildman–Crippen LogP) is 2.74. The van der Waals surface area contributed by atoms with E-state index in [1.807, 2.05) is 30.5 Å². The van der Waals surface area contributed by atoms with Gasteiger partial charge in [-0.3, -0.25) is 0 Å². The predicted molar refractivity (Wildman–Crippen MR) is 83.9 cm³/mol. The van der Waals surface area contributed by atoms with Gasteiger partial charge in [-0.2, -0.15) is 5.26 Å². The van der Waals surface area contributed by atoms with Crippen LogP contribution in [-0.4, -0.2) is 20.7 Å². The van der Waals surface area contributed by atoms with Crippen LogP contribution in [0.2, 0.25) is 0 Å². The first kappa shape index (κ1) is 15.7. The van der Waals surface area contributed by atoms with Crippen LogP contribution in [0.25, 0.3) is 0 Å². The first-order valence-electron chi connectivity index (χ1n) is 6.52. The first-order valence-corrected chi connectivity index (χ1v) is 9.06. The lowest BCUT2D eigenvalue weighted by atomic mass is 10.2. The molecule has 1 unspecified atom stereocenters. The van der Waals surface area contributed by atoms with Crippen molar-refractivity contribution in [2.75, 3.05) is 12.3 Å². The fourth-order valence-electron chi connectivity index (χ4n) is 1.92. The standard InChI is InChI=1S/C15H16N2O2S2/c1-12(15-6-3-8-20-15)17-7-9-21(18,19)14-5-2-4-13(10-14)11-16/h2-6,8,10,12,17H,7,9H2,1H3. The van der Waals surface area contributed by atoms with E-state index in [0.29, 0.717) is 12.1 Å². The summed E-state index contributed by atoms with van der Waals surface area (Å²) in [6.45, 7) is 2.38. The Morgan fingerprint density at radius 3 is 2.81 bits per heavy atom. The number of nitrogens with zero attached hydrogens (tertiary/aromatic N) is 1. The van der Waals surface area contributed by atoms with Crippen molar-refractivity contribution in [3.63, 3.8) is 0 Å². The Morgan fingerprint density at radius 2 is 2.14 bits per heavy atom. The quantitative estimate of drug-likeness (QED) is 0.888.